The van der Waals surface area contributed by atoms with E-state index in [1.165, 1.54) is 18.1 Å². The van der Waals surface area contributed by atoms with Crippen LogP contribution in [-0.4, -0.2) is 57.8 Å². The maximum atomic E-state index is 13.1. The molecule has 3 aliphatic carbocycles. The Labute approximate surface area is 228 Å². The Balaban J connectivity index is 1.48. The zero-order valence-corrected chi connectivity index (χ0v) is 26.5. The van der Waals surface area contributed by atoms with Crippen LogP contribution in [0.2, 0.25) is 9.93 Å². The van der Waals surface area contributed by atoms with E-state index in [2.05, 4.69) is 19.1 Å². The van der Waals surface area contributed by atoms with E-state index in [0.717, 1.165) is 74.3 Å². The zero-order valence-electron chi connectivity index (χ0n) is 22.1. The fraction of sp³-hybridized carbons (Fsp3) is 0.750. The molecule has 4 rings (SSSR count). The monoisotopic (exact) mass is 740 g/mol. The van der Waals surface area contributed by atoms with Gasteiger partial charge in [-0.1, -0.05) is 0 Å². The predicted octanol–water partition coefficient (Wildman–Crippen LogP) is 8.14. The number of halogens is 6. The summed E-state index contributed by atoms with van der Waals surface area (Å²) in [5, 5.41) is 9.51. The summed E-state index contributed by atoms with van der Waals surface area (Å²) >= 11 is -2.60. The summed E-state index contributed by atoms with van der Waals surface area (Å²) in [5.41, 5.74) is -2.10. The zero-order chi connectivity index (χ0) is 28.0. The molecule has 3 atom stereocenters. The van der Waals surface area contributed by atoms with Gasteiger partial charge in [0.2, 0.25) is 0 Å². The van der Waals surface area contributed by atoms with E-state index in [1.807, 2.05) is 0 Å². The Morgan fingerprint density at radius 2 is 1.74 bits per heavy atom. The predicted molar refractivity (Wildman–Crippen MR) is 134 cm³/mol. The molecule has 1 aliphatic heterocycles. The molecular weight excluding hydrogens is 703 g/mol. The molecule has 1 heterocycles. The molecule has 1 saturated heterocycles. The normalized spacial score (nSPS) is 32.2. The summed E-state index contributed by atoms with van der Waals surface area (Å²) in [5.74, 6) is 0.185. The molecule has 212 valence electrons. The van der Waals surface area contributed by atoms with Crippen LogP contribution in [0.5, 0.6) is 0 Å². The van der Waals surface area contributed by atoms with Crippen LogP contribution in [0, 0.1) is 5.92 Å². The Kier molecular flexibility index (Phi) is 8.60. The van der Waals surface area contributed by atoms with Crippen LogP contribution >= 0.6 is 0 Å². The van der Waals surface area contributed by atoms with E-state index in [4.69, 9.17) is 4.74 Å². The van der Waals surface area contributed by atoms with Gasteiger partial charge in [0.25, 0.3) is 0 Å². The molecule has 0 aromatic carbocycles. The SMILES string of the molecule is CC(=O)O[C@H]1CCC/C(=C/C=C2\CCC[C@@]3(C)C2C[CH2][Tl]3[C]2(C/C=C\C(O)(C(F)(F)F)C(F)(F)F)CC2)C1. The summed E-state index contributed by atoms with van der Waals surface area (Å²) in [4.78, 5) is 11.3. The topological polar surface area (TPSA) is 46.5 Å². The molecule has 0 amide bonds. The first-order valence-electron chi connectivity index (χ1n) is 13.7. The number of allylic oxidation sites excluding steroid dienone is 4. The number of hydrogen-bond acceptors (Lipinski definition) is 3. The average Bonchev–Trinajstić information content (AvgIpc) is 3.48. The molecule has 4 aliphatic rings. The Bertz CT molecular complexity index is 980. The third-order valence-corrected chi connectivity index (χ3v) is 31.0. The third kappa shape index (κ3) is 5.93. The minimum absolute atomic E-state index is 0.0542. The second-order valence-corrected chi connectivity index (χ2v) is 28.6. The van der Waals surface area contributed by atoms with Crippen molar-refractivity contribution in [1.82, 2.24) is 0 Å². The summed E-state index contributed by atoms with van der Waals surface area (Å²) < 4.78 is 85.3. The fourth-order valence-corrected chi connectivity index (χ4v) is 31.1. The van der Waals surface area contributed by atoms with Crippen molar-refractivity contribution in [3.63, 3.8) is 0 Å². The van der Waals surface area contributed by atoms with Gasteiger partial charge in [-0.3, -0.25) is 0 Å². The van der Waals surface area contributed by atoms with Crippen molar-refractivity contribution in [3.05, 3.63) is 35.5 Å². The van der Waals surface area contributed by atoms with Gasteiger partial charge in [0.15, 0.2) is 0 Å². The van der Waals surface area contributed by atoms with Gasteiger partial charge in [-0.25, -0.2) is 0 Å². The number of fused-ring (bicyclic) bond motifs is 1. The number of carbonyl (C=O) groups excluding carboxylic acids is 1. The van der Waals surface area contributed by atoms with Gasteiger partial charge in [0.1, 0.15) is 0 Å². The number of hydrogen-bond donors (Lipinski definition) is 1. The van der Waals surface area contributed by atoms with Crippen molar-refractivity contribution in [2.75, 3.05) is 0 Å². The number of rotatable bonds is 6. The van der Waals surface area contributed by atoms with Gasteiger partial charge in [-0.15, -0.1) is 0 Å². The van der Waals surface area contributed by atoms with E-state index in [-0.39, 0.29) is 30.5 Å². The van der Waals surface area contributed by atoms with E-state index < -0.39 is 40.7 Å². The van der Waals surface area contributed by atoms with Gasteiger partial charge in [-0.05, 0) is 0 Å². The number of alkyl halides is 6. The van der Waals surface area contributed by atoms with Gasteiger partial charge < -0.3 is 0 Å². The molecule has 0 radical (unpaired) electrons. The minimum atomic E-state index is -5.82. The van der Waals surface area contributed by atoms with Gasteiger partial charge >= 0.3 is 229 Å². The first kappa shape index (κ1) is 30.1. The van der Waals surface area contributed by atoms with E-state index in [0.29, 0.717) is 5.92 Å². The molecule has 38 heavy (non-hydrogen) atoms. The fourth-order valence-electron chi connectivity index (χ4n) is 7.68. The van der Waals surface area contributed by atoms with Crippen molar-refractivity contribution in [3.8, 4) is 0 Å². The summed E-state index contributed by atoms with van der Waals surface area (Å²) in [6.45, 7) is 3.78. The Morgan fingerprint density at radius 3 is 2.34 bits per heavy atom. The average molecular weight is 740 g/mol. The van der Waals surface area contributed by atoms with Gasteiger partial charge in [0.05, 0.1) is 0 Å². The molecule has 4 fully saturated rings. The molecular formula is C28H37F6O3Tl. The number of carbonyl (C=O) groups is 1. The van der Waals surface area contributed by atoms with Crippen LogP contribution in [0.15, 0.2) is 35.5 Å². The van der Waals surface area contributed by atoms with Crippen molar-refractivity contribution in [2.24, 2.45) is 5.92 Å². The first-order chi connectivity index (χ1) is 17.6. The summed E-state index contributed by atoms with van der Waals surface area (Å²) in [6, 6.07) is 0. The molecule has 0 spiro atoms. The van der Waals surface area contributed by atoms with Crippen LogP contribution in [0.1, 0.15) is 84.5 Å². The van der Waals surface area contributed by atoms with Gasteiger partial charge in [0, 0.05) is 0 Å². The van der Waals surface area contributed by atoms with E-state index in [1.54, 1.807) is 0 Å². The van der Waals surface area contributed by atoms with Crippen LogP contribution in [0.25, 0.3) is 0 Å². The number of esters is 1. The molecule has 1 unspecified atom stereocenters. The molecule has 10 heteroatoms. The maximum absolute atomic E-state index is 13.1. The molecule has 0 bridgehead atoms. The standard InChI is InChI=1S/C19H28O2.C9H9F6O.Tl/c1-4-19-14(2)7-5-9-17(19)12-11-16-8-6-10-18(13-16)21-15(3)20;10-8(11,12)7(16,9(13,14)15)5-1-2-6-3-4-6;/h11-12,18-19H,1,4-10,13H2,2-3H3;1,5,16H,2-4H2;/b16-11-,17-12+;5-1-;/t18-,19?;;/m0../s1. The van der Waals surface area contributed by atoms with Crippen molar-refractivity contribution >= 4 is 28.7 Å². The van der Waals surface area contributed by atoms with E-state index in [9.17, 15) is 36.2 Å². The first-order valence-corrected chi connectivity index (χ1v) is 21.4. The molecule has 0 aromatic heterocycles. The Morgan fingerprint density at radius 1 is 1.05 bits per heavy atom. The summed E-state index contributed by atoms with van der Waals surface area (Å²) in [6.07, 6.45) is 3.48. The van der Waals surface area contributed by atoms with E-state index >= 15 is 0 Å². The second kappa shape index (κ2) is 10.9. The van der Waals surface area contributed by atoms with Crippen LogP contribution < -0.4 is 0 Å². The van der Waals surface area contributed by atoms with Crippen LogP contribution in [0.4, 0.5) is 26.3 Å². The van der Waals surface area contributed by atoms with Crippen LogP contribution in [-0.2, 0) is 9.53 Å². The van der Waals surface area contributed by atoms with Crippen molar-refractivity contribution in [2.45, 2.75) is 118 Å². The van der Waals surface area contributed by atoms with Crippen LogP contribution in [0.3, 0.4) is 0 Å². The second-order valence-electron chi connectivity index (χ2n) is 12.2. The van der Waals surface area contributed by atoms with Crippen molar-refractivity contribution in [1.29, 1.82) is 0 Å². The molecule has 3 saturated carbocycles. The number of aliphatic hydroxyl groups is 1. The summed E-state index contributed by atoms with van der Waals surface area (Å²) in [7, 11) is 0. The Hall–Kier alpha value is -0.848. The van der Waals surface area contributed by atoms with Gasteiger partial charge in [-0.2, -0.15) is 0 Å². The third-order valence-electron chi connectivity index (χ3n) is 9.72. The number of ether oxygens (including phenoxy) is 1. The van der Waals surface area contributed by atoms with Crippen molar-refractivity contribution < 1.29 is 41.0 Å². The molecule has 1 N–H and O–H groups in total. The quantitative estimate of drug-likeness (QED) is 0.130. The molecule has 0 aromatic rings. The molecule has 3 nitrogen and oxygen atoms in total.